The van der Waals surface area contributed by atoms with Crippen molar-refractivity contribution in [3.63, 3.8) is 0 Å². The van der Waals surface area contributed by atoms with Crippen LogP contribution in [0.25, 0.3) is 0 Å². The van der Waals surface area contributed by atoms with Crippen LogP contribution in [0, 0.1) is 0 Å². The highest BCUT2D eigenvalue weighted by Gasteiger charge is 2.29. The van der Waals surface area contributed by atoms with Gasteiger partial charge < -0.3 is 20.1 Å². The predicted molar refractivity (Wildman–Crippen MR) is 77.0 cm³/mol. The first-order chi connectivity index (χ1) is 9.56. The Balaban J connectivity index is 1.73. The first kappa shape index (κ1) is 15.1. The summed E-state index contributed by atoms with van der Waals surface area (Å²) in [4.78, 5) is 13.7. The zero-order valence-electron chi connectivity index (χ0n) is 11.4. The van der Waals surface area contributed by atoms with Gasteiger partial charge >= 0.3 is 0 Å². The van der Waals surface area contributed by atoms with E-state index in [0.717, 1.165) is 5.75 Å². The number of benzene rings is 1. The van der Waals surface area contributed by atoms with Crippen LogP contribution in [-0.2, 0) is 4.79 Å². The van der Waals surface area contributed by atoms with E-state index in [2.05, 4.69) is 5.32 Å². The average Bonchev–Trinajstić information content (AvgIpc) is 2.86. The number of halogens is 1. The Morgan fingerprint density at radius 1 is 1.50 bits per heavy atom. The molecule has 0 bridgehead atoms. The van der Waals surface area contributed by atoms with E-state index in [1.165, 1.54) is 0 Å². The number of hydrogen-bond donors (Lipinski definition) is 2. The van der Waals surface area contributed by atoms with Gasteiger partial charge in [0.2, 0.25) is 5.91 Å². The van der Waals surface area contributed by atoms with Crippen LogP contribution in [0.3, 0.4) is 0 Å². The number of nitrogens with zero attached hydrogens (tertiary/aromatic N) is 1. The third kappa shape index (κ3) is 4.10. The monoisotopic (exact) mass is 298 g/mol. The summed E-state index contributed by atoms with van der Waals surface area (Å²) in [6.07, 6.45) is 0.0453. The molecular formula is C14H19ClN2O3. The molecule has 1 saturated heterocycles. The Bertz CT molecular complexity index is 452. The Morgan fingerprint density at radius 3 is 2.80 bits per heavy atom. The smallest absolute Gasteiger partial charge is 0.239 e. The molecule has 2 atom stereocenters. The SMILES string of the molecule is CN(CCOc1ccc(Cl)cc1)C(=O)C1CC(O)CN1. The third-order valence-corrected chi connectivity index (χ3v) is 3.54. The number of aliphatic hydroxyl groups excluding tert-OH is 1. The molecule has 0 spiro atoms. The van der Waals surface area contributed by atoms with E-state index >= 15 is 0 Å². The van der Waals surface area contributed by atoms with E-state index in [1.54, 1.807) is 36.2 Å². The van der Waals surface area contributed by atoms with Gasteiger partial charge in [-0.15, -0.1) is 0 Å². The Hall–Kier alpha value is -1.30. The number of ether oxygens (including phenoxy) is 1. The summed E-state index contributed by atoms with van der Waals surface area (Å²) in [5.41, 5.74) is 0. The number of amides is 1. The molecule has 6 heteroatoms. The molecule has 1 amide bonds. The van der Waals surface area contributed by atoms with Gasteiger partial charge in [-0.1, -0.05) is 11.6 Å². The fourth-order valence-corrected chi connectivity index (χ4v) is 2.24. The van der Waals surface area contributed by atoms with Gasteiger partial charge in [0.05, 0.1) is 18.7 Å². The van der Waals surface area contributed by atoms with Gasteiger partial charge in [-0.05, 0) is 30.7 Å². The van der Waals surface area contributed by atoms with Gasteiger partial charge in [-0.25, -0.2) is 0 Å². The Labute approximate surface area is 123 Å². The molecule has 5 nitrogen and oxygen atoms in total. The highest BCUT2D eigenvalue weighted by atomic mass is 35.5. The van der Waals surface area contributed by atoms with Crippen LogP contribution in [0.5, 0.6) is 5.75 Å². The maximum absolute atomic E-state index is 12.1. The lowest BCUT2D eigenvalue weighted by Crippen LogP contribution is -2.43. The van der Waals surface area contributed by atoms with Gasteiger partial charge in [0.1, 0.15) is 12.4 Å². The van der Waals surface area contributed by atoms with Gasteiger partial charge in [0, 0.05) is 18.6 Å². The molecule has 2 rings (SSSR count). The third-order valence-electron chi connectivity index (χ3n) is 3.29. The number of carbonyl (C=O) groups excluding carboxylic acids is 1. The Kier molecular flexibility index (Phi) is 5.23. The van der Waals surface area contributed by atoms with Crippen molar-refractivity contribution in [1.82, 2.24) is 10.2 Å². The summed E-state index contributed by atoms with van der Waals surface area (Å²) < 4.78 is 5.54. The molecule has 20 heavy (non-hydrogen) atoms. The topological polar surface area (TPSA) is 61.8 Å². The zero-order chi connectivity index (χ0) is 14.5. The molecule has 0 radical (unpaired) electrons. The normalized spacial score (nSPS) is 21.8. The highest BCUT2D eigenvalue weighted by Crippen LogP contribution is 2.15. The Morgan fingerprint density at radius 2 is 2.20 bits per heavy atom. The second-order valence-electron chi connectivity index (χ2n) is 4.91. The molecular weight excluding hydrogens is 280 g/mol. The van der Waals surface area contributed by atoms with E-state index in [-0.39, 0.29) is 11.9 Å². The van der Waals surface area contributed by atoms with Crippen molar-refractivity contribution < 1.29 is 14.6 Å². The summed E-state index contributed by atoms with van der Waals surface area (Å²) in [7, 11) is 1.74. The first-order valence-corrected chi connectivity index (χ1v) is 6.99. The molecule has 0 saturated carbocycles. The molecule has 0 aliphatic carbocycles. The van der Waals surface area contributed by atoms with Gasteiger partial charge in [-0.3, -0.25) is 4.79 Å². The van der Waals surface area contributed by atoms with Crippen molar-refractivity contribution in [3.8, 4) is 5.75 Å². The van der Waals surface area contributed by atoms with Crippen LogP contribution in [0.1, 0.15) is 6.42 Å². The number of likely N-dealkylation sites (N-methyl/N-ethyl adjacent to an activating group) is 1. The highest BCUT2D eigenvalue weighted by molar-refractivity contribution is 6.30. The lowest BCUT2D eigenvalue weighted by Gasteiger charge is -2.21. The minimum absolute atomic E-state index is 0.0127. The minimum atomic E-state index is -0.428. The van der Waals surface area contributed by atoms with Crippen LogP contribution < -0.4 is 10.1 Å². The van der Waals surface area contributed by atoms with Crippen LogP contribution in [0.2, 0.25) is 5.02 Å². The van der Waals surface area contributed by atoms with Crippen molar-refractivity contribution in [3.05, 3.63) is 29.3 Å². The van der Waals surface area contributed by atoms with Crippen molar-refractivity contribution in [2.24, 2.45) is 0 Å². The fraction of sp³-hybridized carbons (Fsp3) is 0.500. The zero-order valence-corrected chi connectivity index (χ0v) is 12.1. The number of nitrogens with one attached hydrogen (secondary N) is 1. The maximum Gasteiger partial charge on any atom is 0.239 e. The van der Waals surface area contributed by atoms with Gasteiger partial charge in [0.15, 0.2) is 0 Å². The number of β-amino-alcohol motifs (C(OH)–C–C–N with tert-alkyl or cyclic N) is 1. The second kappa shape index (κ2) is 6.92. The number of rotatable bonds is 5. The molecule has 2 N–H and O–H groups in total. The van der Waals surface area contributed by atoms with Crippen LogP contribution in [-0.4, -0.2) is 54.8 Å². The summed E-state index contributed by atoms with van der Waals surface area (Å²) in [5, 5.41) is 13.1. The van der Waals surface area contributed by atoms with E-state index in [1.807, 2.05) is 0 Å². The minimum Gasteiger partial charge on any atom is -0.492 e. The molecule has 1 aliphatic heterocycles. The van der Waals surface area contributed by atoms with Crippen molar-refractivity contribution in [2.75, 3.05) is 26.7 Å². The van der Waals surface area contributed by atoms with Crippen LogP contribution in [0.15, 0.2) is 24.3 Å². The molecule has 1 fully saturated rings. The summed E-state index contributed by atoms with van der Waals surface area (Å²) in [6, 6.07) is 6.81. The number of carbonyl (C=O) groups is 1. The van der Waals surface area contributed by atoms with E-state index in [4.69, 9.17) is 16.3 Å². The lowest BCUT2D eigenvalue weighted by atomic mass is 10.2. The number of hydrogen-bond acceptors (Lipinski definition) is 4. The predicted octanol–water partition coefficient (Wildman–Crippen LogP) is 0.900. The summed E-state index contributed by atoms with van der Waals surface area (Å²) in [6.45, 7) is 1.39. The molecule has 1 heterocycles. The van der Waals surface area contributed by atoms with Crippen molar-refractivity contribution in [2.45, 2.75) is 18.6 Å². The maximum atomic E-state index is 12.1. The van der Waals surface area contributed by atoms with E-state index < -0.39 is 6.10 Å². The van der Waals surface area contributed by atoms with Crippen LogP contribution in [0.4, 0.5) is 0 Å². The van der Waals surface area contributed by atoms with E-state index in [9.17, 15) is 9.90 Å². The average molecular weight is 299 g/mol. The van der Waals surface area contributed by atoms with Crippen molar-refractivity contribution in [1.29, 1.82) is 0 Å². The quantitative estimate of drug-likeness (QED) is 0.848. The molecule has 110 valence electrons. The standard InChI is InChI=1S/C14H19ClN2O3/c1-17(14(19)13-8-11(18)9-16-13)6-7-20-12-4-2-10(15)3-5-12/h2-5,11,13,16,18H,6-9H2,1H3. The molecule has 1 aromatic rings. The van der Waals surface area contributed by atoms with Gasteiger partial charge in [-0.2, -0.15) is 0 Å². The van der Waals surface area contributed by atoms with Crippen molar-refractivity contribution >= 4 is 17.5 Å². The second-order valence-corrected chi connectivity index (χ2v) is 5.35. The molecule has 1 aliphatic rings. The van der Waals surface area contributed by atoms with Gasteiger partial charge in [0.25, 0.3) is 0 Å². The fourth-order valence-electron chi connectivity index (χ4n) is 2.11. The molecule has 0 aromatic heterocycles. The molecule has 1 aromatic carbocycles. The van der Waals surface area contributed by atoms with E-state index in [0.29, 0.717) is 31.1 Å². The lowest BCUT2D eigenvalue weighted by molar-refractivity contribution is -0.132. The summed E-state index contributed by atoms with van der Waals surface area (Å²) >= 11 is 5.79. The largest absolute Gasteiger partial charge is 0.492 e. The molecule has 2 unspecified atom stereocenters. The van der Waals surface area contributed by atoms with Crippen LogP contribution >= 0.6 is 11.6 Å². The first-order valence-electron chi connectivity index (χ1n) is 6.61. The number of aliphatic hydroxyl groups is 1. The summed E-state index contributed by atoms with van der Waals surface area (Å²) in [5.74, 6) is 0.714.